The number of anilines is 1. The average molecular weight is 319 g/mol. The molecule has 0 aromatic heterocycles. The maximum absolute atomic E-state index is 9.16. The largest absolute Gasteiger partial charge is 0.486 e. The van der Waals surface area contributed by atoms with Crippen LogP contribution in [0.15, 0.2) is 36.4 Å². The van der Waals surface area contributed by atoms with Crippen molar-refractivity contribution in [1.29, 1.82) is 5.39 Å². The molecule has 0 radical (unpaired) electrons. The van der Waals surface area contributed by atoms with Gasteiger partial charge in [0.1, 0.15) is 5.75 Å². The zero-order valence-corrected chi connectivity index (χ0v) is 13.5. The highest BCUT2D eigenvalue weighted by molar-refractivity contribution is 6.30. The molecule has 0 bridgehead atoms. The normalized spacial score (nSPS) is 9.95. The molecule has 0 N–H and O–H groups in total. The van der Waals surface area contributed by atoms with Crippen LogP contribution in [0.25, 0.3) is 4.98 Å². The molecule has 0 atom stereocenters. The van der Waals surface area contributed by atoms with Crippen LogP contribution >= 0.6 is 11.6 Å². The summed E-state index contributed by atoms with van der Waals surface area (Å²) in [5, 5.41) is 9.80. The lowest BCUT2D eigenvalue weighted by Gasteiger charge is -2.18. The third-order valence-corrected chi connectivity index (χ3v) is 3.22. The van der Waals surface area contributed by atoms with E-state index in [1.807, 2.05) is 25.9 Å². The fraction of sp³-hybridized carbons (Fsp3) is 0.250. The highest BCUT2D eigenvalue weighted by Gasteiger charge is 2.22. The highest BCUT2D eigenvalue weighted by Crippen LogP contribution is 2.41. The van der Waals surface area contributed by atoms with Gasteiger partial charge in [-0.3, -0.25) is 0 Å². The van der Waals surface area contributed by atoms with Gasteiger partial charge in [0.2, 0.25) is 11.1 Å². The second-order valence-electron chi connectivity index (χ2n) is 4.77. The molecule has 5 nitrogen and oxygen atoms in total. The van der Waals surface area contributed by atoms with Crippen molar-refractivity contribution in [3.05, 3.63) is 46.4 Å². The Kier molecular flexibility index (Phi) is 5.08. The van der Waals surface area contributed by atoms with Crippen LogP contribution in [-0.2, 0) is 0 Å². The van der Waals surface area contributed by atoms with Crippen molar-refractivity contribution < 1.29 is 9.47 Å². The Balaban J connectivity index is 2.44. The molecule has 2 rings (SSSR count). The Morgan fingerprint density at radius 2 is 1.82 bits per heavy atom. The molecule has 0 saturated carbocycles. The number of hydrogen-bond acceptors (Lipinski definition) is 4. The van der Waals surface area contributed by atoms with Crippen molar-refractivity contribution in [1.82, 2.24) is 0 Å². The number of benzene rings is 2. The van der Waals surface area contributed by atoms with E-state index in [-0.39, 0.29) is 0 Å². The number of nitrogens with zero attached hydrogens (tertiary/aromatic N) is 3. The standard InChI is InChI=1S/C16H17ClN3O2/c1-4-21-15-10-14(20(2)3)16(9-13(15)19-18)22-12-7-5-11(17)6-8-12/h5-10H,4H2,1-3H3/q+1. The van der Waals surface area contributed by atoms with Gasteiger partial charge in [-0.25, -0.2) is 0 Å². The molecule has 0 spiro atoms. The van der Waals surface area contributed by atoms with Gasteiger partial charge in [-0.15, -0.1) is 0 Å². The monoisotopic (exact) mass is 318 g/mol. The topological polar surface area (TPSA) is 49.9 Å². The van der Waals surface area contributed by atoms with Crippen molar-refractivity contribution in [2.75, 3.05) is 25.6 Å². The number of hydrogen-bond donors (Lipinski definition) is 0. The summed E-state index contributed by atoms with van der Waals surface area (Å²) in [6.07, 6.45) is 0. The van der Waals surface area contributed by atoms with E-state index in [9.17, 15) is 0 Å². The summed E-state index contributed by atoms with van der Waals surface area (Å²) >= 11 is 5.87. The molecule has 0 aliphatic rings. The minimum atomic E-state index is 0.316. The van der Waals surface area contributed by atoms with Crippen molar-refractivity contribution in [3.63, 3.8) is 0 Å². The quantitative estimate of drug-likeness (QED) is 0.721. The van der Waals surface area contributed by atoms with Crippen molar-refractivity contribution >= 4 is 23.0 Å². The molecular weight excluding hydrogens is 302 g/mol. The molecule has 2 aromatic rings. The molecule has 0 heterocycles. The Morgan fingerprint density at radius 1 is 1.14 bits per heavy atom. The van der Waals surface area contributed by atoms with E-state index < -0.39 is 0 Å². The molecule has 114 valence electrons. The number of ether oxygens (including phenoxy) is 2. The van der Waals surface area contributed by atoms with E-state index in [0.717, 1.165) is 5.69 Å². The van der Waals surface area contributed by atoms with Gasteiger partial charge in [-0.2, -0.15) is 0 Å². The van der Waals surface area contributed by atoms with Crippen LogP contribution in [0.1, 0.15) is 6.92 Å². The number of rotatable bonds is 5. The first kappa shape index (κ1) is 15.9. The lowest BCUT2D eigenvalue weighted by molar-refractivity contribution is 0.342. The number of halogens is 1. The van der Waals surface area contributed by atoms with Gasteiger partial charge < -0.3 is 14.4 Å². The Morgan fingerprint density at radius 3 is 2.36 bits per heavy atom. The second-order valence-corrected chi connectivity index (χ2v) is 5.21. The maximum atomic E-state index is 9.16. The minimum absolute atomic E-state index is 0.316. The fourth-order valence-corrected chi connectivity index (χ4v) is 2.07. The molecular formula is C16H17ClN3O2+. The third kappa shape index (κ3) is 3.60. The molecule has 0 saturated heterocycles. The molecule has 0 unspecified atom stereocenters. The van der Waals surface area contributed by atoms with Crippen LogP contribution in [0.2, 0.25) is 5.02 Å². The second kappa shape index (κ2) is 7.01. The summed E-state index contributed by atoms with van der Waals surface area (Å²) in [5.41, 5.74) is 1.13. The summed E-state index contributed by atoms with van der Waals surface area (Å²) in [7, 11) is 3.80. The van der Waals surface area contributed by atoms with Crippen LogP contribution < -0.4 is 14.4 Å². The molecule has 22 heavy (non-hydrogen) atoms. The molecule has 2 aromatic carbocycles. The summed E-state index contributed by atoms with van der Waals surface area (Å²) in [6, 6.07) is 10.5. The average Bonchev–Trinajstić information content (AvgIpc) is 2.50. The van der Waals surface area contributed by atoms with Crippen LogP contribution in [0.3, 0.4) is 0 Å². The highest BCUT2D eigenvalue weighted by atomic mass is 35.5. The van der Waals surface area contributed by atoms with Crippen LogP contribution in [-0.4, -0.2) is 20.7 Å². The first-order valence-electron chi connectivity index (χ1n) is 6.81. The summed E-state index contributed by atoms with van der Waals surface area (Å²) in [5.74, 6) is 1.70. The van der Waals surface area contributed by atoms with Crippen LogP contribution in [0, 0.1) is 5.39 Å². The van der Waals surface area contributed by atoms with Gasteiger partial charge in [0.05, 0.1) is 18.4 Å². The minimum Gasteiger partial charge on any atom is -0.486 e. The fourth-order valence-electron chi connectivity index (χ4n) is 1.95. The van der Waals surface area contributed by atoms with E-state index in [1.54, 1.807) is 36.4 Å². The zero-order valence-electron chi connectivity index (χ0n) is 12.7. The van der Waals surface area contributed by atoms with Crippen molar-refractivity contribution in [2.45, 2.75) is 6.92 Å². The SMILES string of the molecule is CCOc1cc(N(C)C)c(Oc2ccc(Cl)cc2)cc1[N+]#N. The predicted molar refractivity (Wildman–Crippen MR) is 88.2 cm³/mol. The van der Waals surface area contributed by atoms with E-state index in [4.69, 9.17) is 26.5 Å². The Bertz CT molecular complexity index is 694. The Labute approximate surface area is 134 Å². The van der Waals surface area contributed by atoms with E-state index in [1.165, 1.54) is 0 Å². The molecule has 0 fully saturated rings. The molecule has 6 heteroatoms. The van der Waals surface area contributed by atoms with Crippen molar-refractivity contribution in [2.24, 2.45) is 0 Å². The van der Waals surface area contributed by atoms with Gasteiger partial charge in [0, 0.05) is 25.2 Å². The van der Waals surface area contributed by atoms with E-state index in [0.29, 0.717) is 34.6 Å². The zero-order chi connectivity index (χ0) is 16.1. The predicted octanol–water partition coefficient (Wildman–Crippen LogP) is 5.08. The molecule has 0 aliphatic heterocycles. The van der Waals surface area contributed by atoms with Gasteiger partial charge in [-0.05, 0) is 31.2 Å². The van der Waals surface area contributed by atoms with Crippen molar-refractivity contribution in [3.8, 4) is 17.2 Å². The van der Waals surface area contributed by atoms with Crippen LogP contribution in [0.5, 0.6) is 17.2 Å². The summed E-state index contributed by atoms with van der Waals surface area (Å²) in [4.78, 5) is 5.16. The summed E-state index contributed by atoms with van der Waals surface area (Å²) in [6.45, 7) is 2.35. The third-order valence-electron chi connectivity index (χ3n) is 2.97. The van der Waals surface area contributed by atoms with Gasteiger partial charge in [-0.1, -0.05) is 11.6 Å². The lowest BCUT2D eigenvalue weighted by atomic mass is 10.2. The summed E-state index contributed by atoms with van der Waals surface area (Å²) < 4.78 is 11.4. The lowest BCUT2D eigenvalue weighted by Crippen LogP contribution is -2.10. The molecule has 0 aliphatic carbocycles. The van der Waals surface area contributed by atoms with Crippen LogP contribution in [0.4, 0.5) is 11.4 Å². The number of diazo groups is 1. The van der Waals surface area contributed by atoms with Gasteiger partial charge in [0.25, 0.3) is 0 Å². The first-order valence-corrected chi connectivity index (χ1v) is 7.19. The molecule has 0 amide bonds. The van der Waals surface area contributed by atoms with E-state index in [2.05, 4.69) is 4.98 Å². The Hall–Kier alpha value is -2.45. The van der Waals surface area contributed by atoms with Gasteiger partial charge >= 0.3 is 5.69 Å². The smallest absolute Gasteiger partial charge is 0.430 e. The first-order chi connectivity index (χ1) is 10.5. The van der Waals surface area contributed by atoms with Gasteiger partial charge in [0.15, 0.2) is 10.7 Å². The maximum Gasteiger partial charge on any atom is 0.430 e. The van der Waals surface area contributed by atoms with E-state index >= 15 is 0 Å².